The highest BCUT2D eigenvalue weighted by molar-refractivity contribution is 5.79. The SMILES string of the molecule is On1cc2cnncc2c1. The van der Waals surface area contributed by atoms with E-state index in [9.17, 15) is 0 Å². The first-order chi connectivity index (χ1) is 4.86. The molecule has 0 aliphatic heterocycles. The van der Waals surface area contributed by atoms with Crippen LogP contribution in [-0.2, 0) is 0 Å². The Morgan fingerprint density at radius 3 is 2.10 bits per heavy atom. The Hall–Kier alpha value is -1.58. The first-order valence-corrected chi connectivity index (χ1v) is 2.84. The van der Waals surface area contributed by atoms with Crippen LogP contribution in [-0.4, -0.2) is 20.1 Å². The van der Waals surface area contributed by atoms with Crippen LogP contribution >= 0.6 is 0 Å². The Kier molecular flexibility index (Phi) is 0.887. The summed E-state index contributed by atoms with van der Waals surface area (Å²) < 4.78 is 0.994. The van der Waals surface area contributed by atoms with Crippen LogP contribution in [0.2, 0.25) is 0 Å². The largest absolute Gasteiger partial charge is 0.429 e. The predicted molar refractivity (Wildman–Crippen MR) is 34.7 cm³/mol. The summed E-state index contributed by atoms with van der Waals surface area (Å²) >= 11 is 0. The van der Waals surface area contributed by atoms with Crippen LogP contribution in [0.4, 0.5) is 0 Å². The number of fused-ring (bicyclic) bond motifs is 1. The van der Waals surface area contributed by atoms with Crippen LogP contribution < -0.4 is 0 Å². The Morgan fingerprint density at radius 1 is 1.10 bits per heavy atom. The van der Waals surface area contributed by atoms with Crippen molar-refractivity contribution in [3.8, 4) is 0 Å². The summed E-state index contributed by atoms with van der Waals surface area (Å²) in [6, 6.07) is 0. The second-order valence-electron chi connectivity index (χ2n) is 2.04. The molecular formula is C6H5N3O. The average Bonchev–Trinajstić information content (AvgIpc) is 2.27. The first-order valence-electron chi connectivity index (χ1n) is 2.84. The molecule has 0 amide bonds. The molecule has 4 heteroatoms. The van der Waals surface area contributed by atoms with Crippen LogP contribution in [0.15, 0.2) is 24.8 Å². The summed E-state index contributed by atoms with van der Waals surface area (Å²) in [5.74, 6) is 0. The standard InChI is InChI=1S/C6H5N3O/c10-9-3-5-1-7-8-2-6(5)4-9/h1-4,10H. The molecule has 1 N–H and O–H groups in total. The third-order valence-electron chi connectivity index (χ3n) is 1.34. The van der Waals surface area contributed by atoms with E-state index in [0.717, 1.165) is 15.5 Å². The van der Waals surface area contributed by atoms with E-state index in [4.69, 9.17) is 5.21 Å². The fourth-order valence-electron chi connectivity index (χ4n) is 0.878. The van der Waals surface area contributed by atoms with Crippen molar-refractivity contribution in [2.75, 3.05) is 0 Å². The van der Waals surface area contributed by atoms with Crippen molar-refractivity contribution in [3.63, 3.8) is 0 Å². The molecule has 0 aliphatic carbocycles. The van der Waals surface area contributed by atoms with Crippen LogP contribution in [0.3, 0.4) is 0 Å². The second kappa shape index (κ2) is 1.70. The molecule has 0 spiro atoms. The lowest BCUT2D eigenvalue weighted by Crippen LogP contribution is -1.79. The van der Waals surface area contributed by atoms with Gasteiger partial charge in [0.25, 0.3) is 0 Å². The van der Waals surface area contributed by atoms with E-state index < -0.39 is 0 Å². The Morgan fingerprint density at radius 2 is 1.60 bits per heavy atom. The van der Waals surface area contributed by atoms with Crippen LogP contribution in [0.25, 0.3) is 10.8 Å². The lowest BCUT2D eigenvalue weighted by atomic mass is 10.3. The minimum Gasteiger partial charge on any atom is -0.429 e. The number of hydrogen-bond acceptors (Lipinski definition) is 3. The molecule has 0 saturated heterocycles. The number of rotatable bonds is 0. The van der Waals surface area contributed by atoms with Crippen molar-refractivity contribution in [1.29, 1.82) is 0 Å². The zero-order valence-electron chi connectivity index (χ0n) is 5.10. The Balaban J connectivity index is 2.88. The smallest absolute Gasteiger partial charge is 0.0591 e. The highest BCUT2D eigenvalue weighted by atomic mass is 16.5. The Labute approximate surface area is 56.7 Å². The molecule has 0 fully saturated rings. The molecular weight excluding hydrogens is 130 g/mol. The van der Waals surface area contributed by atoms with Crippen LogP contribution in [0, 0.1) is 0 Å². The summed E-state index contributed by atoms with van der Waals surface area (Å²) in [7, 11) is 0. The molecule has 2 aromatic heterocycles. The number of hydrogen-bond donors (Lipinski definition) is 1. The van der Waals surface area contributed by atoms with Crippen LogP contribution in [0.1, 0.15) is 0 Å². The second-order valence-corrected chi connectivity index (χ2v) is 2.04. The lowest BCUT2D eigenvalue weighted by Gasteiger charge is -1.79. The third-order valence-corrected chi connectivity index (χ3v) is 1.34. The average molecular weight is 135 g/mol. The zero-order chi connectivity index (χ0) is 6.97. The fraction of sp³-hybridized carbons (Fsp3) is 0. The van der Waals surface area contributed by atoms with Gasteiger partial charge in [0.05, 0.1) is 24.8 Å². The summed E-state index contributed by atoms with van der Waals surface area (Å²) in [5, 5.41) is 18.0. The van der Waals surface area contributed by atoms with Crippen molar-refractivity contribution in [3.05, 3.63) is 24.8 Å². The molecule has 2 aromatic rings. The maximum Gasteiger partial charge on any atom is 0.0591 e. The molecule has 0 saturated carbocycles. The van der Waals surface area contributed by atoms with Gasteiger partial charge in [0.2, 0.25) is 0 Å². The van der Waals surface area contributed by atoms with Crippen molar-refractivity contribution in [1.82, 2.24) is 14.9 Å². The van der Waals surface area contributed by atoms with Gasteiger partial charge < -0.3 is 5.21 Å². The minimum absolute atomic E-state index is 0.887. The normalized spacial score (nSPS) is 10.4. The molecule has 2 rings (SSSR count). The van der Waals surface area contributed by atoms with E-state index in [-0.39, 0.29) is 0 Å². The van der Waals surface area contributed by atoms with Gasteiger partial charge in [0.1, 0.15) is 0 Å². The topological polar surface area (TPSA) is 50.9 Å². The van der Waals surface area contributed by atoms with Gasteiger partial charge in [-0.1, -0.05) is 0 Å². The van der Waals surface area contributed by atoms with Gasteiger partial charge in [0.15, 0.2) is 0 Å². The fourth-order valence-corrected chi connectivity index (χ4v) is 0.878. The maximum atomic E-state index is 8.92. The van der Waals surface area contributed by atoms with Gasteiger partial charge in [-0.3, -0.25) is 0 Å². The minimum atomic E-state index is 0.887. The van der Waals surface area contributed by atoms with E-state index in [2.05, 4.69) is 10.2 Å². The van der Waals surface area contributed by atoms with Crippen molar-refractivity contribution in [2.24, 2.45) is 0 Å². The highest BCUT2D eigenvalue weighted by Gasteiger charge is 1.94. The van der Waals surface area contributed by atoms with Gasteiger partial charge in [-0.25, -0.2) is 4.73 Å². The number of nitrogens with zero attached hydrogens (tertiary/aromatic N) is 3. The van der Waals surface area contributed by atoms with Gasteiger partial charge in [0, 0.05) is 10.8 Å². The molecule has 4 nitrogen and oxygen atoms in total. The third kappa shape index (κ3) is 0.621. The van der Waals surface area contributed by atoms with Gasteiger partial charge in [-0.15, -0.1) is 0 Å². The van der Waals surface area contributed by atoms with Crippen LogP contribution in [0.5, 0.6) is 0 Å². The molecule has 0 radical (unpaired) electrons. The molecule has 0 unspecified atom stereocenters. The van der Waals surface area contributed by atoms with Gasteiger partial charge >= 0.3 is 0 Å². The molecule has 0 aliphatic rings. The molecule has 2 heterocycles. The lowest BCUT2D eigenvalue weighted by molar-refractivity contribution is 0.188. The summed E-state index contributed by atoms with van der Waals surface area (Å²) in [6.07, 6.45) is 6.35. The van der Waals surface area contributed by atoms with Crippen molar-refractivity contribution in [2.45, 2.75) is 0 Å². The molecule has 0 aromatic carbocycles. The van der Waals surface area contributed by atoms with E-state index in [1.165, 1.54) is 0 Å². The predicted octanol–water partition coefficient (Wildman–Crippen LogP) is 0.669. The first kappa shape index (κ1) is 5.22. The van der Waals surface area contributed by atoms with Crippen molar-refractivity contribution >= 4 is 10.8 Å². The number of aromatic nitrogens is 3. The summed E-state index contributed by atoms with van der Waals surface area (Å²) in [5.41, 5.74) is 0. The van der Waals surface area contributed by atoms with E-state index in [1.54, 1.807) is 24.8 Å². The quantitative estimate of drug-likeness (QED) is 0.540. The summed E-state index contributed by atoms with van der Waals surface area (Å²) in [4.78, 5) is 0. The van der Waals surface area contributed by atoms with E-state index >= 15 is 0 Å². The van der Waals surface area contributed by atoms with Crippen molar-refractivity contribution < 1.29 is 5.21 Å². The molecule has 0 bridgehead atoms. The maximum absolute atomic E-state index is 8.92. The van der Waals surface area contributed by atoms with E-state index in [1.807, 2.05) is 0 Å². The van der Waals surface area contributed by atoms with Gasteiger partial charge in [-0.05, 0) is 0 Å². The molecule has 0 atom stereocenters. The molecule has 50 valence electrons. The molecule has 10 heavy (non-hydrogen) atoms. The monoisotopic (exact) mass is 135 g/mol. The zero-order valence-corrected chi connectivity index (χ0v) is 5.10. The van der Waals surface area contributed by atoms with E-state index in [0.29, 0.717) is 0 Å². The summed E-state index contributed by atoms with van der Waals surface area (Å²) in [6.45, 7) is 0. The Bertz CT molecular complexity index is 322. The highest BCUT2D eigenvalue weighted by Crippen LogP contribution is 2.09. The van der Waals surface area contributed by atoms with Gasteiger partial charge in [-0.2, -0.15) is 10.2 Å².